The van der Waals surface area contributed by atoms with Crippen LogP contribution in [0.25, 0.3) is 10.8 Å². The lowest BCUT2D eigenvalue weighted by atomic mass is 9.95. The van der Waals surface area contributed by atoms with Gasteiger partial charge in [0.2, 0.25) is 5.91 Å². The molecule has 0 bridgehead atoms. The van der Waals surface area contributed by atoms with Crippen LogP contribution in [0.1, 0.15) is 36.8 Å². The van der Waals surface area contributed by atoms with Gasteiger partial charge in [-0.2, -0.15) is 0 Å². The molecule has 110 valence electrons. The average Bonchev–Trinajstić information content (AvgIpc) is 2.47. The van der Waals surface area contributed by atoms with E-state index >= 15 is 0 Å². The Labute approximate surface area is 125 Å². The molecule has 0 saturated heterocycles. The van der Waals surface area contributed by atoms with Crippen molar-refractivity contribution in [2.75, 3.05) is 6.54 Å². The molecule has 0 aliphatic carbocycles. The first-order chi connectivity index (χ1) is 10.2. The molecule has 2 aromatic carbocycles. The Morgan fingerprint density at radius 1 is 1.00 bits per heavy atom. The van der Waals surface area contributed by atoms with Crippen LogP contribution in [0.15, 0.2) is 36.4 Å². The van der Waals surface area contributed by atoms with E-state index in [0.717, 1.165) is 38.9 Å². The maximum atomic E-state index is 10.7. The molecule has 3 heteroatoms. The summed E-state index contributed by atoms with van der Waals surface area (Å²) in [6, 6.07) is 13.2. The van der Waals surface area contributed by atoms with E-state index in [1.165, 1.54) is 21.9 Å². The molecule has 0 saturated carbocycles. The molecule has 0 aromatic heterocycles. The lowest BCUT2D eigenvalue weighted by Gasteiger charge is -2.29. The molecular weight excluding hydrogens is 260 g/mol. The van der Waals surface area contributed by atoms with Crippen LogP contribution in [0.4, 0.5) is 0 Å². The molecular formula is C18H22N2O. The van der Waals surface area contributed by atoms with Gasteiger partial charge in [0.1, 0.15) is 0 Å². The minimum atomic E-state index is -0.187. The van der Waals surface area contributed by atoms with Gasteiger partial charge >= 0.3 is 0 Å². The molecule has 3 rings (SSSR count). The lowest BCUT2D eigenvalue weighted by Crippen LogP contribution is -2.27. The molecule has 2 N–H and O–H groups in total. The monoisotopic (exact) mass is 282 g/mol. The van der Waals surface area contributed by atoms with Crippen LogP contribution >= 0.6 is 0 Å². The maximum absolute atomic E-state index is 10.7. The number of carbonyl (C=O) groups excluding carboxylic acids is 1. The van der Waals surface area contributed by atoms with Crippen LogP contribution in [-0.2, 0) is 17.9 Å². The van der Waals surface area contributed by atoms with Crippen molar-refractivity contribution in [3.63, 3.8) is 0 Å². The summed E-state index contributed by atoms with van der Waals surface area (Å²) in [5.41, 5.74) is 8.04. The fourth-order valence-corrected chi connectivity index (χ4v) is 3.27. The van der Waals surface area contributed by atoms with Gasteiger partial charge < -0.3 is 5.73 Å². The van der Waals surface area contributed by atoms with E-state index in [1.807, 2.05) is 0 Å². The Morgan fingerprint density at radius 3 is 2.29 bits per heavy atom. The summed E-state index contributed by atoms with van der Waals surface area (Å²) in [5, 5.41) is 2.80. The number of benzene rings is 2. The third kappa shape index (κ3) is 3.24. The summed E-state index contributed by atoms with van der Waals surface area (Å²) in [5.74, 6) is -0.187. The van der Waals surface area contributed by atoms with E-state index in [2.05, 4.69) is 41.3 Å². The normalized spacial score (nSPS) is 14.5. The van der Waals surface area contributed by atoms with Crippen molar-refractivity contribution in [3.8, 4) is 0 Å². The molecule has 2 aromatic rings. The zero-order chi connectivity index (χ0) is 14.7. The van der Waals surface area contributed by atoms with E-state index in [-0.39, 0.29) is 5.91 Å². The van der Waals surface area contributed by atoms with E-state index in [9.17, 15) is 4.79 Å². The minimum absolute atomic E-state index is 0.187. The molecule has 0 fully saturated rings. The molecule has 0 atom stereocenters. The van der Waals surface area contributed by atoms with Crippen molar-refractivity contribution in [2.45, 2.75) is 38.8 Å². The highest BCUT2D eigenvalue weighted by atomic mass is 16.1. The Morgan fingerprint density at radius 2 is 1.67 bits per heavy atom. The van der Waals surface area contributed by atoms with Crippen molar-refractivity contribution < 1.29 is 4.79 Å². The highest BCUT2D eigenvalue weighted by molar-refractivity contribution is 5.89. The number of nitrogens with zero attached hydrogens (tertiary/aromatic N) is 1. The van der Waals surface area contributed by atoms with Crippen molar-refractivity contribution in [2.24, 2.45) is 5.73 Å². The van der Waals surface area contributed by atoms with Crippen molar-refractivity contribution in [1.29, 1.82) is 0 Å². The number of hydrogen-bond donors (Lipinski definition) is 1. The molecule has 1 heterocycles. The fraction of sp³-hybridized carbons (Fsp3) is 0.389. The predicted octanol–water partition coefficient (Wildman–Crippen LogP) is 3.20. The summed E-state index contributed by atoms with van der Waals surface area (Å²) in [6.07, 6.45) is 3.63. The summed E-state index contributed by atoms with van der Waals surface area (Å²) in [4.78, 5) is 13.2. The van der Waals surface area contributed by atoms with E-state index < -0.39 is 0 Å². The first-order valence-corrected chi connectivity index (χ1v) is 7.74. The van der Waals surface area contributed by atoms with Crippen LogP contribution in [0, 0.1) is 0 Å². The molecule has 0 unspecified atom stereocenters. The molecule has 1 aliphatic heterocycles. The maximum Gasteiger partial charge on any atom is 0.217 e. The minimum Gasteiger partial charge on any atom is -0.370 e. The Bertz CT molecular complexity index is 610. The lowest BCUT2D eigenvalue weighted by molar-refractivity contribution is -0.118. The van der Waals surface area contributed by atoms with Crippen molar-refractivity contribution in [3.05, 3.63) is 47.5 Å². The third-order valence-electron chi connectivity index (χ3n) is 4.26. The Balaban J connectivity index is 1.61. The van der Waals surface area contributed by atoms with Crippen molar-refractivity contribution in [1.82, 2.24) is 4.90 Å². The smallest absolute Gasteiger partial charge is 0.217 e. The van der Waals surface area contributed by atoms with E-state index in [4.69, 9.17) is 5.73 Å². The van der Waals surface area contributed by atoms with Gasteiger partial charge in [-0.3, -0.25) is 9.69 Å². The molecule has 1 amide bonds. The Kier molecular flexibility index (Phi) is 4.20. The number of hydrogen-bond acceptors (Lipinski definition) is 2. The van der Waals surface area contributed by atoms with E-state index in [0.29, 0.717) is 6.42 Å². The van der Waals surface area contributed by atoms with Crippen LogP contribution in [-0.4, -0.2) is 17.4 Å². The van der Waals surface area contributed by atoms with E-state index in [1.54, 1.807) is 0 Å². The largest absolute Gasteiger partial charge is 0.370 e. The summed E-state index contributed by atoms with van der Waals surface area (Å²) >= 11 is 0. The van der Waals surface area contributed by atoms with Gasteiger partial charge in [0.25, 0.3) is 0 Å². The molecule has 0 spiro atoms. The molecule has 0 radical (unpaired) electrons. The second-order valence-corrected chi connectivity index (χ2v) is 5.92. The van der Waals surface area contributed by atoms with Crippen LogP contribution < -0.4 is 5.73 Å². The van der Waals surface area contributed by atoms with Crippen LogP contribution in [0.2, 0.25) is 0 Å². The van der Waals surface area contributed by atoms with Crippen LogP contribution in [0.3, 0.4) is 0 Å². The molecule has 21 heavy (non-hydrogen) atoms. The topological polar surface area (TPSA) is 46.3 Å². The molecule has 3 nitrogen and oxygen atoms in total. The zero-order valence-corrected chi connectivity index (χ0v) is 12.3. The second-order valence-electron chi connectivity index (χ2n) is 5.92. The number of rotatable bonds is 6. The summed E-state index contributed by atoms with van der Waals surface area (Å²) in [6.45, 7) is 3.15. The fourth-order valence-electron chi connectivity index (χ4n) is 3.27. The third-order valence-corrected chi connectivity index (χ3v) is 4.26. The second kappa shape index (κ2) is 6.27. The first kappa shape index (κ1) is 14.1. The Hall–Kier alpha value is -1.87. The number of amides is 1. The van der Waals surface area contributed by atoms with Gasteiger partial charge in [-0.05, 0) is 41.3 Å². The van der Waals surface area contributed by atoms with Gasteiger partial charge in [-0.25, -0.2) is 0 Å². The van der Waals surface area contributed by atoms with Gasteiger partial charge in [-0.15, -0.1) is 0 Å². The average molecular weight is 282 g/mol. The first-order valence-electron chi connectivity index (χ1n) is 7.74. The number of primary amides is 1. The summed E-state index contributed by atoms with van der Waals surface area (Å²) < 4.78 is 0. The van der Waals surface area contributed by atoms with Gasteiger partial charge in [0, 0.05) is 19.5 Å². The number of unbranched alkanes of at least 4 members (excludes halogenated alkanes) is 2. The highest BCUT2D eigenvalue weighted by Crippen LogP contribution is 2.29. The predicted molar refractivity (Wildman–Crippen MR) is 85.7 cm³/mol. The number of nitrogens with two attached hydrogens (primary N) is 1. The summed E-state index contributed by atoms with van der Waals surface area (Å²) in [7, 11) is 0. The number of carbonyl (C=O) groups is 1. The van der Waals surface area contributed by atoms with Gasteiger partial charge in [0.05, 0.1) is 0 Å². The van der Waals surface area contributed by atoms with Crippen LogP contribution in [0.5, 0.6) is 0 Å². The van der Waals surface area contributed by atoms with Crippen molar-refractivity contribution >= 4 is 16.7 Å². The zero-order valence-electron chi connectivity index (χ0n) is 12.3. The van der Waals surface area contributed by atoms with Gasteiger partial charge in [0.15, 0.2) is 0 Å². The standard InChI is InChI=1S/C18H22N2O/c19-17(21)10-2-1-3-11-20-12-15-8-4-6-14-7-5-9-16(13-20)18(14)15/h4-9H,1-3,10-13H2,(H2,19,21). The van der Waals surface area contributed by atoms with Gasteiger partial charge in [-0.1, -0.05) is 42.8 Å². The highest BCUT2D eigenvalue weighted by Gasteiger charge is 2.17. The molecule has 1 aliphatic rings. The SMILES string of the molecule is NC(=O)CCCCCN1Cc2cccc3cccc(c23)C1. The quantitative estimate of drug-likeness (QED) is 0.827.